The molecule has 1 aliphatic heterocycles. The fraction of sp³-hybridized carbons (Fsp3) is 0.579. The summed E-state index contributed by atoms with van der Waals surface area (Å²) < 4.78 is 0. The molecule has 4 rings (SSSR count). The van der Waals surface area contributed by atoms with Gasteiger partial charge in [0.2, 0.25) is 11.8 Å². The second-order valence-electron chi connectivity index (χ2n) is 7.32. The maximum Gasteiger partial charge on any atom is 0.225 e. The molecule has 0 aromatic heterocycles. The number of amides is 2. The van der Waals surface area contributed by atoms with E-state index in [9.17, 15) is 9.59 Å². The molecule has 1 aromatic carbocycles. The Morgan fingerprint density at radius 1 is 1.04 bits per heavy atom. The first kappa shape index (κ1) is 15.9. The van der Waals surface area contributed by atoms with Crippen molar-refractivity contribution in [1.82, 2.24) is 10.2 Å². The van der Waals surface area contributed by atoms with Gasteiger partial charge in [-0.25, -0.2) is 0 Å². The van der Waals surface area contributed by atoms with Crippen molar-refractivity contribution in [3.8, 4) is 0 Å². The molecule has 24 heavy (non-hydrogen) atoms. The second kappa shape index (κ2) is 6.40. The van der Waals surface area contributed by atoms with Gasteiger partial charge in [0, 0.05) is 29.9 Å². The lowest BCUT2D eigenvalue weighted by Crippen LogP contribution is -2.44. The number of nitrogens with one attached hydrogen (secondary N) is 1. The lowest BCUT2D eigenvalue weighted by Gasteiger charge is -2.32. The number of hydrogen-bond acceptors (Lipinski definition) is 2. The Labute approximate surface area is 147 Å². The highest BCUT2D eigenvalue weighted by atomic mass is 35.5. The molecule has 2 aliphatic carbocycles. The maximum atomic E-state index is 12.6. The van der Waals surface area contributed by atoms with Gasteiger partial charge in [0.1, 0.15) is 0 Å². The molecule has 0 bridgehead atoms. The Hall–Kier alpha value is -1.55. The zero-order chi connectivity index (χ0) is 16.7. The third kappa shape index (κ3) is 3.16. The molecule has 128 valence electrons. The van der Waals surface area contributed by atoms with Gasteiger partial charge in [-0.3, -0.25) is 9.59 Å². The van der Waals surface area contributed by atoms with E-state index in [1.807, 2.05) is 23.1 Å². The number of piperidine rings is 1. The normalized spacial score (nSPS) is 23.9. The Morgan fingerprint density at radius 3 is 2.50 bits per heavy atom. The summed E-state index contributed by atoms with van der Waals surface area (Å²) in [5.41, 5.74) is 2.45. The molecule has 0 radical (unpaired) electrons. The molecule has 1 heterocycles. The quantitative estimate of drug-likeness (QED) is 0.914. The summed E-state index contributed by atoms with van der Waals surface area (Å²) in [4.78, 5) is 26.7. The molecule has 0 spiro atoms. The van der Waals surface area contributed by atoms with E-state index in [4.69, 9.17) is 11.6 Å². The molecule has 0 unspecified atom stereocenters. The van der Waals surface area contributed by atoms with E-state index in [2.05, 4.69) is 5.32 Å². The summed E-state index contributed by atoms with van der Waals surface area (Å²) in [6.45, 7) is 1.45. The smallest absolute Gasteiger partial charge is 0.225 e. The van der Waals surface area contributed by atoms with E-state index in [0.717, 1.165) is 56.6 Å². The van der Waals surface area contributed by atoms with Crippen molar-refractivity contribution in [3.63, 3.8) is 0 Å². The topological polar surface area (TPSA) is 49.4 Å². The van der Waals surface area contributed by atoms with Gasteiger partial charge < -0.3 is 10.2 Å². The Morgan fingerprint density at radius 2 is 1.79 bits per heavy atom. The van der Waals surface area contributed by atoms with E-state index < -0.39 is 0 Å². The van der Waals surface area contributed by atoms with E-state index in [0.29, 0.717) is 5.91 Å². The summed E-state index contributed by atoms with van der Waals surface area (Å²) in [7, 11) is 0. The molecule has 3 aliphatic rings. The highest BCUT2D eigenvalue weighted by Crippen LogP contribution is 2.34. The summed E-state index contributed by atoms with van der Waals surface area (Å²) in [5, 5.41) is 3.98. The van der Waals surface area contributed by atoms with Crippen LogP contribution in [0.15, 0.2) is 18.2 Å². The van der Waals surface area contributed by atoms with Crippen LogP contribution in [0.25, 0.3) is 0 Å². The minimum atomic E-state index is 0.0320. The number of rotatable bonds is 3. The predicted octanol–water partition coefficient (Wildman–Crippen LogP) is 3.09. The fourth-order valence-electron chi connectivity index (χ4n) is 3.98. The van der Waals surface area contributed by atoms with Crippen molar-refractivity contribution in [2.75, 3.05) is 13.1 Å². The molecule has 1 saturated heterocycles. The van der Waals surface area contributed by atoms with Gasteiger partial charge in [0.25, 0.3) is 0 Å². The van der Waals surface area contributed by atoms with Crippen molar-refractivity contribution in [2.24, 2.45) is 11.8 Å². The van der Waals surface area contributed by atoms with Crippen LogP contribution in [0.5, 0.6) is 0 Å². The Bertz CT molecular complexity index is 663. The lowest BCUT2D eigenvalue weighted by molar-refractivity contribution is -0.136. The summed E-state index contributed by atoms with van der Waals surface area (Å²) in [5.74, 6) is 0.749. The summed E-state index contributed by atoms with van der Waals surface area (Å²) in [6.07, 6.45) is 5.57. The highest BCUT2D eigenvalue weighted by molar-refractivity contribution is 6.30. The first-order valence-electron chi connectivity index (χ1n) is 8.99. The van der Waals surface area contributed by atoms with Gasteiger partial charge in [0.05, 0.1) is 6.04 Å². The van der Waals surface area contributed by atoms with Crippen molar-refractivity contribution in [1.29, 1.82) is 0 Å². The standard InChI is InChI=1S/C19H23ClN2O2/c20-15-4-5-16-14(11-15)3-6-17(16)21-18(23)12-7-9-22(10-8-12)19(24)13-1-2-13/h4-5,11-13,17H,1-3,6-10H2,(H,21,23)/t17-/m0/s1. The molecule has 1 atom stereocenters. The number of likely N-dealkylation sites (tertiary alicyclic amines) is 1. The van der Waals surface area contributed by atoms with Crippen LogP contribution < -0.4 is 5.32 Å². The van der Waals surface area contributed by atoms with Crippen molar-refractivity contribution >= 4 is 23.4 Å². The van der Waals surface area contributed by atoms with Crippen LogP contribution in [0, 0.1) is 11.8 Å². The van der Waals surface area contributed by atoms with E-state index in [-0.39, 0.29) is 23.8 Å². The first-order chi connectivity index (χ1) is 11.6. The van der Waals surface area contributed by atoms with E-state index in [1.54, 1.807) is 0 Å². The van der Waals surface area contributed by atoms with E-state index in [1.165, 1.54) is 11.1 Å². The van der Waals surface area contributed by atoms with Gasteiger partial charge in [0.15, 0.2) is 0 Å². The summed E-state index contributed by atoms with van der Waals surface area (Å²) >= 11 is 6.04. The van der Waals surface area contributed by atoms with Gasteiger partial charge in [-0.05, 0) is 61.8 Å². The van der Waals surface area contributed by atoms with Gasteiger partial charge in [-0.2, -0.15) is 0 Å². The molecule has 1 N–H and O–H groups in total. The maximum absolute atomic E-state index is 12.6. The fourth-order valence-corrected chi connectivity index (χ4v) is 4.17. The third-order valence-electron chi connectivity index (χ3n) is 5.60. The number of benzene rings is 1. The minimum absolute atomic E-state index is 0.0320. The largest absolute Gasteiger partial charge is 0.349 e. The SMILES string of the molecule is O=C(N[C@H]1CCc2cc(Cl)ccc21)C1CCN(C(=O)C2CC2)CC1. The average molecular weight is 347 g/mol. The number of fused-ring (bicyclic) bond motifs is 1. The van der Waals surface area contributed by atoms with Gasteiger partial charge in [-0.15, -0.1) is 0 Å². The molecular weight excluding hydrogens is 324 g/mol. The van der Waals surface area contributed by atoms with Crippen LogP contribution in [0.4, 0.5) is 0 Å². The lowest BCUT2D eigenvalue weighted by atomic mass is 9.95. The monoisotopic (exact) mass is 346 g/mol. The molecule has 2 amide bonds. The van der Waals surface area contributed by atoms with Crippen LogP contribution in [-0.2, 0) is 16.0 Å². The molecular formula is C19H23ClN2O2. The van der Waals surface area contributed by atoms with E-state index >= 15 is 0 Å². The molecule has 1 aromatic rings. The molecule has 2 fully saturated rings. The number of halogens is 1. The van der Waals surface area contributed by atoms with Crippen molar-refractivity contribution in [3.05, 3.63) is 34.3 Å². The van der Waals surface area contributed by atoms with Crippen molar-refractivity contribution < 1.29 is 9.59 Å². The number of nitrogens with zero attached hydrogens (tertiary/aromatic N) is 1. The molecule has 5 heteroatoms. The van der Waals surface area contributed by atoms with Crippen LogP contribution in [0.1, 0.15) is 49.3 Å². The highest BCUT2D eigenvalue weighted by Gasteiger charge is 2.36. The third-order valence-corrected chi connectivity index (χ3v) is 5.84. The number of hydrogen-bond donors (Lipinski definition) is 1. The zero-order valence-electron chi connectivity index (χ0n) is 13.8. The first-order valence-corrected chi connectivity index (χ1v) is 9.37. The second-order valence-corrected chi connectivity index (χ2v) is 7.75. The molecule has 1 saturated carbocycles. The number of carbonyl (C=O) groups is 2. The Kier molecular flexibility index (Phi) is 4.25. The Balaban J connectivity index is 1.32. The van der Waals surface area contributed by atoms with Crippen LogP contribution in [0.2, 0.25) is 5.02 Å². The number of aryl methyl sites for hydroxylation is 1. The summed E-state index contributed by atoms with van der Waals surface area (Å²) in [6, 6.07) is 6.04. The number of carbonyl (C=O) groups excluding carboxylic acids is 2. The average Bonchev–Trinajstić information content (AvgIpc) is 3.37. The minimum Gasteiger partial charge on any atom is -0.349 e. The van der Waals surface area contributed by atoms with Crippen LogP contribution in [-0.4, -0.2) is 29.8 Å². The zero-order valence-corrected chi connectivity index (χ0v) is 14.5. The van der Waals surface area contributed by atoms with Crippen LogP contribution in [0.3, 0.4) is 0 Å². The van der Waals surface area contributed by atoms with Gasteiger partial charge in [-0.1, -0.05) is 17.7 Å². The van der Waals surface area contributed by atoms with Crippen molar-refractivity contribution in [2.45, 2.75) is 44.6 Å². The molecule has 4 nitrogen and oxygen atoms in total. The van der Waals surface area contributed by atoms with Crippen LogP contribution >= 0.6 is 11.6 Å². The predicted molar refractivity (Wildman–Crippen MR) is 92.7 cm³/mol. The van der Waals surface area contributed by atoms with Gasteiger partial charge >= 0.3 is 0 Å².